The van der Waals surface area contributed by atoms with Crippen molar-refractivity contribution < 1.29 is 28.6 Å². The molecule has 0 saturated heterocycles. The summed E-state index contributed by atoms with van der Waals surface area (Å²) in [5.41, 5.74) is 2.06. The van der Waals surface area contributed by atoms with E-state index in [2.05, 4.69) is 40.2 Å². The van der Waals surface area contributed by atoms with Crippen LogP contribution in [0.25, 0.3) is 0 Å². The van der Waals surface area contributed by atoms with Crippen molar-refractivity contribution in [1.29, 1.82) is 0 Å². The maximum atomic E-state index is 12.0. The highest BCUT2D eigenvalue weighted by atomic mass is 31.2. The van der Waals surface area contributed by atoms with E-state index >= 15 is 0 Å². The number of carbonyl (C=O) groups excluding carboxylic acids is 4. The van der Waals surface area contributed by atoms with Gasteiger partial charge in [0.2, 0.25) is 11.8 Å². The summed E-state index contributed by atoms with van der Waals surface area (Å²) in [5.74, 6) is 0.867. The van der Waals surface area contributed by atoms with Crippen molar-refractivity contribution in [2.75, 3.05) is 30.3 Å². The van der Waals surface area contributed by atoms with Crippen molar-refractivity contribution in [3.8, 4) is 0 Å². The van der Waals surface area contributed by atoms with Crippen molar-refractivity contribution >= 4 is 42.5 Å². The summed E-state index contributed by atoms with van der Waals surface area (Å²) in [4.78, 5) is 57.0. The van der Waals surface area contributed by atoms with Gasteiger partial charge in [0.05, 0.1) is 0 Å². The zero-order valence-electron chi connectivity index (χ0n) is 29.3. The van der Waals surface area contributed by atoms with Crippen LogP contribution in [0.1, 0.15) is 102 Å². The fourth-order valence-electron chi connectivity index (χ4n) is 4.07. The first-order valence-electron chi connectivity index (χ1n) is 16.4. The lowest BCUT2D eigenvalue weighted by Gasteiger charge is -2.16. The number of rotatable bonds is 17. The Morgan fingerprint density at radius 3 is 1.38 bits per heavy atom. The molecule has 0 radical (unpaired) electrons. The molecule has 2 aromatic carbocycles. The smallest absolute Gasteiger partial charge is 0.269 e. The molecular weight excluding hydrogens is 617 g/mol. The minimum atomic E-state index is -3.37. The Kier molecular flexibility index (Phi) is 18.9. The summed E-state index contributed by atoms with van der Waals surface area (Å²) in [6.45, 7) is 16.8. The summed E-state index contributed by atoms with van der Waals surface area (Å²) < 4.78 is 11.7. The van der Waals surface area contributed by atoms with Gasteiger partial charge in [-0.15, -0.1) is 0 Å². The van der Waals surface area contributed by atoms with Crippen LogP contribution in [0.3, 0.4) is 0 Å². The molecule has 262 valence electrons. The van der Waals surface area contributed by atoms with E-state index in [1.807, 2.05) is 27.7 Å². The van der Waals surface area contributed by atoms with E-state index in [4.69, 9.17) is 0 Å². The molecule has 0 aliphatic rings. The van der Waals surface area contributed by atoms with Gasteiger partial charge < -0.3 is 26.2 Å². The number of hydrogen-bond acceptors (Lipinski definition) is 5. The van der Waals surface area contributed by atoms with Gasteiger partial charge in [-0.2, -0.15) is 0 Å². The molecule has 12 heteroatoms. The minimum Gasteiger partial charge on any atom is -0.352 e. The van der Waals surface area contributed by atoms with Gasteiger partial charge in [-0.1, -0.05) is 55.4 Å². The second kappa shape index (κ2) is 21.4. The lowest BCUT2D eigenvalue weighted by atomic mass is 10.1. The summed E-state index contributed by atoms with van der Waals surface area (Å²) >= 11 is 0. The Morgan fingerprint density at radius 2 is 1.02 bits per heavy atom. The summed E-state index contributed by atoms with van der Waals surface area (Å²) in [7, 11) is -3.37. The van der Waals surface area contributed by atoms with Gasteiger partial charge in [-0.25, -0.2) is 5.09 Å². The second-order valence-corrected chi connectivity index (χ2v) is 15.7. The Bertz CT molecular complexity index is 1310. The third kappa shape index (κ3) is 18.4. The van der Waals surface area contributed by atoms with Crippen molar-refractivity contribution in [3.05, 3.63) is 59.7 Å². The maximum absolute atomic E-state index is 12.0. The van der Waals surface area contributed by atoms with E-state index < -0.39 is 7.52 Å². The predicted octanol–water partition coefficient (Wildman–Crippen LogP) is 6.42. The fourth-order valence-corrected chi connectivity index (χ4v) is 4.86. The molecule has 0 fully saturated rings. The second-order valence-electron chi connectivity index (χ2n) is 13.1. The molecule has 2 aromatic rings. The van der Waals surface area contributed by atoms with Crippen LogP contribution >= 0.6 is 7.52 Å². The summed E-state index contributed by atoms with van der Waals surface area (Å²) in [6, 6.07) is 13.6. The summed E-state index contributed by atoms with van der Waals surface area (Å²) in [6.07, 6.45) is 3.05. The van der Waals surface area contributed by atoms with E-state index in [0.29, 0.717) is 48.0 Å². The monoisotopic (exact) mass is 673 g/mol. The van der Waals surface area contributed by atoms with Gasteiger partial charge in [0.1, 0.15) is 0 Å². The van der Waals surface area contributed by atoms with Crippen LogP contribution in [0.5, 0.6) is 0 Å². The van der Waals surface area contributed by atoms with Crippen LogP contribution in [0.2, 0.25) is 0 Å². The highest BCUT2D eigenvalue weighted by Gasteiger charge is 2.21. The Balaban J connectivity index is 0.000000474. The van der Waals surface area contributed by atoms with Crippen molar-refractivity contribution in [3.63, 3.8) is 0 Å². The SMILES string of the molecule is CC(C)CC(=O)Nc1ccc(C(=O)NCCNP(=O)(O)C(C)C)cc1.CC(C)CCCNC(=O)c1ccc(NC(=O)CC(C)C)cc1. The molecule has 0 aromatic heterocycles. The summed E-state index contributed by atoms with van der Waals surface area (Å²) in [5, 5.41) is 13.8. The van der Waals surface area contributed by atoms with Crippen molar-refractivity contribution in [1.82, 2.24) is 15.7 Å². The minimum absolute atomic E-state index is 0.000821. The van der Waals surface area contributed by atoms with Gasteiger partial charge in [-0.05, 0) is 79.1 Å². The average Bonchev–Trinajstić information content (AvgIpc) is 2.97. The molecule has 47 heavy (non-hydrogen) atoms. The predicted molar refractivity (Wildman–Crippen MR) is 191 cm³/mol. The standard InChI is InChI=1S/C18H28N2O2.C17H28N3O4P/c1-13(2)6-5-11-19-18(22)15-7-9-16(10-8-15)20-17(21)12-14(3)4;1-12(2)11-16(21)20-15-7-5-14(6-8-15)17(22)18-9-10-19-25(23,24)13(3)4/h7-10,13-14H,5-6,11-12H2,1-4H3,(H,19,22)(H,20,21);5-8,12-13H,9-11H2,1-4H3,(H,18,22)(H,20,21)(H2,19,23,24). The first-order valence-corrected chi connectivity index (χ1v) is 18.2. The van der Waals surface area contributed by atoms with Gasteiger partial charge in [0.25, 0.3) is 19.3 Å². The van der Waals surface area contributed by atoms with Crippen LogP contribution in [-0.2, 0) is 14.2 Å². The number of benzene rings is 2. The van der Waals surface area contributed by atoms with Crippen molar-refractivity contribution in [2.45, 2.75) is 86.7 Å². The Labute approximate surface area is 281 Å². The number of carbonyl (C=O) groups is 4. The third-order valence-corrected chi connectivity index (χ3v) is 8.82. The van der Waals surface area contributed by atoms with Gasteiger partial charge >= 0.3 is 0 Å². The van der Waals surface area contributed by atoms with Crippen LogP contribution in [0.4, 0.5) is 11.4 Å². The van der Waals surface area contributed by atoms with Crippen LogP contribution in [-0.4, -0.2) is 53.8 Å². The van der Waals surface area contributed by atoms with E-state index in [-0.39, 0.29) is 48.3 Å². The number of amides is 4. The van der Waals surface area contributed by atoms with E-state index in [0.717, 1.165) is 18.5 Å². The molecule has 1 atom stereocenters. The molecule has 0 bridgehead atoms. The lowest BCUT2D eigenvalue weighted by molar-refractivity contribution is -0.117. The topological polar surface area (TPSA) is 166 Å². The van der Waals surface area contributed by atoms with Crippen molar-refractivity contribution in [2.24, 2.45) is 17.8 Å². The molecule has 0 spiro atoms. The molecule has 0 aliphatic heterocycles. The van der Waals surface area contributed by atoms with Crippen LogP contribution < -0.4 is 26.4 Å². The molecule has 6 N–H and O–H groups in total. The van der Waals surface area contributed by atoms with Gasteiger partial charge in [-0.3, -0.25) is 23.7 Å². The van der Waals surface area contributed by atoms with E-state index in [1.54, 1.807) is 62.4 Å². The third-order valence-electron chi connectivity index (χ3n) is 6.74. The number of hydrogen-bond donors (Lipinski definition) is 6. The molecule has 2 rings (SSSR count). The quantitative estimate of drug-likeness (QED) is 0.0833. The normalized spacial score (nSPS) is 12.3. The lowest BCUT2D eigenvalue weighted by Crippen LogP contribution is -2.31. The van der Waals surface area contributed by atoms with Gasteiger partial charge in [0.15, 0.2) is 0 Å². The molecule has 0 aliphatic carbocycles. The van der Waals surface area contributed by atoms with E-state index in [9.17, 15) is 28.6 Å². The first-order chi connectivity index (χ1) is 22.0. The largest absolute Gasteiger partial charge is 0.352 e. The van der Waals surface area contributed by atoms with Crippen LogP contribution in [0.15, 0.2) is 48.5 Å². The molecule has 1 unspecified atom stereocenters. The molecule has 11 nitrogen and oxygen atoms in total. The average molecular weight is 674 g/mol. The fraction of sp³-hybridized carbons (Fsp3) is 0.543. The molecule has 0 heterocycles. The first kappa shape index (κ1) is 41.5. The van der Waals surface area contributed by atoms with Crippen LogP contribution in [0, 0.1) is 17.8 Å². The molecule has 0 saturated carbocycles. The number of anilines is 2. The Morgan fingerprint density at radius 1 is 0.617 bits per heavy atom. The highest BCUT2D eigenvalue weighted by molar-refractivity contribution is 7.56. The number of nitrogens with one attached hydrogen (secondary N) is 5. The highest BCUT2D eigenvalue weighted by Crippen LogP contribution is 2.40. The molecular formula is C35H56N5O6P. The zero-order valence-corrected chi connectivity index (χ0v) is 30.2. The van der Waals surface area contributed by atoms with Gasteiger partial charge in [0, 0.05) is 60.6 Å². The maximum Gasteiger partial charge on any atom is 0.269 e. The molecule has 4 amide bonds. The Hall–Kier alpha value is -3.53. The zero-order chi connectivity index (χ0) is 35.6. The van der Waals surface area contributed by atoms with E-state index in [1.165, 1.54) is 0 Å².